The van der Waals surface area contributed by atoms with Crippen molar-refractivity contribution >= 4 is 23.4 Å². The van der Waals surface area contributed by atoms with E-state index in [1.807, 2.05) is 13.8 Å². The number of methoxy groups -OCH3 is 1. The number of carbonyl (C=O) groups excluding carboxylic acids is 1. The van der Waals surface area contributed by atoms with Gasteiger partial charge in [0.2, 0.25) is 0 Å². The number of thioether (sulfide) groups is 1. The third-order valence-electron chi connectivity index (χ3n) is 1.94. The molecule has 0 amide bonds. The first kappa shape index (κ1) is 13.5. The Hall–Kier alpha value is -1.56. The van der Waals surface area contributed by atoms with Crippen molar-refractivity contribution in [2.75, 3.05) is 7.11 Å². The van der Waals surface area contributed by atoms with Gasteiger partial charge in [0.05, 0.1) is 22.5 Å². The highest BCUT2D eigenvalue weighted by molar-refractivity contribution is 8.00. The van der Waals surface area contributed by atoms with Crippen molar-refractivity contribution in [3.63, 3.8) is 0 Å². The van der Waals surface area contributed by atoms with E-state index < -0.39 is 10.9 Å². The SMILES string of the molecule is COC(=O)c1ccc(SC(C)C)c([N+](=O)[O-])c1. The standard InChI is InChI=1S/C11H13NO4S/c1-7(2)17-10-5-4-8(11(13)16-3)6-9(10)12(14)15/h4-7H,1-3H3. The number of benzene rings is 1. The highest BCUT2D eigenvalue weighted by atomic mass is 32.2. The number of carbonyl (C=O) groups is 1. The smallest absolute Gasteiger partial charge is 0.338 e. The first-order valence-electron chi connectivity index (χ1n) is 4.99. The molecule has 0 aromatic heterocycles. The normalized spacial score (nSPS) is 10.4. The van der Waals surface area contributed by atoms with Crippen LogP contribution in [0.2, 0.25) is 0 Å². The van der Waals surface area contributed by atoms with E-state index in [1.165, 1.54) is 31.0 Å². The summed E-state index contributed by atoms with van der Waals surface area (Å²) in [7, 11) is 1.24. The van der Waals surface area contributed by atoms with Gasteiger partial charge in [-0.15, -0.1) is 11.8 Å². The highest BCUT2D eigenvalue weighted by Gasteiger charge is 2.18. The van der Waals surface area contributed by atoms with Crippen molar-refractivity contribution in [3.05, 3.63) is 33.9 Å². The molecule has 5 nitrogen and oxygen atoms in total. The summed E-state index contributed by atoms with van der Waals surface area (Å²) in [6, 6.07) is 4.36. The second kappa shape index (κ2) is 5.67. The van der Waals surface area contributed by atoms with Crippen LogP contribution in [0.25, 0.3) is 0 Å². The number of nitro groups is 1. The zero-order valence-corrected chi connectivity index (χ0v) is 10.6. The molecule has 0 atom stereocenters. The fraction of sp³-hybridized carbons (Fsp3) is 0.364. The molecule has 0 bridgehead atoms. The van der Waals surface area contributed by atoms with Crippen molar-refractivity contribution in [1.29, 1.82) is 0 Å². The van der Waals surface area contributed by atoms with Crippen LogP contribution in [-0.4, -0.2) is 23.3 Å². The average molecular weight is 255 g/mol. The molecule has 0 aliphatic rings. The van der Waals surface area contributed by atoms with E-state index in [-0.39, 0.29) is 16.5 Å². The van der Waals surface area contributed by atoms with Gasteiger partial charge < -0.3 is 4.74 Å². The highest BCUT2D eigenvalue weighted by Crippen LogP contribution is 2.32. The molecular formula is C11H13NO4S. The molecule has 0 radical (unpaired) electrons. The molecule has 0 aliphatic heterocycles. The van der Waals surface area contributed by atoms with E-state index in [0.717, 1.165) is 0 Å². The topological polar surface area (TPSA) is 69.4 Å². The molecule has 0 unspecified atom stereocenters. The van der Waals surface area contributed by atoms with E-state index in [9.17, 15) is 14.9 Å². The van der Waals surface area contributed by atoms with Crippen LogP contribution in [0.5, 0.6) is 0 Å². The van der Waals surface area contributed by atoms with E-state index in [1.54, 1.807) is 6.07 Å². The van der Waals surface area contributed by atoms with Crippen molar-refractivity contribution in [2.24, 2.45) is 0 Å². The molecule has 1 aromatic rings. The van der Waals surface area contributed by atoms with Crippen molar-refractivity contribution in [3.8, 4) is 0 Å². The molecule has 0 N–H and O–H groups in total. The molecule has 17 heavy (non-hydrogen) atoms. The largest absolute Gasteiger partial charge is 0.465 e. The lowest BCUT2D eigenvalue weighted by Crippen LogP contribution is -2.03. The second-order valence-corrected chi connectivity index (χ2v) is 5.22. The Morgan fingerprint density at radius 1 is 1.47 bits per heavy atom. The van der Waals surface area contributed by atoms with E-state index in [4.69, 9.17) is 0 Å². The molecule has 1 aromatic carbocycles. The quantitative estimate of drug-likeness (QED) is 0.358. The number of ether oxygens (including phenoxy) is 1. The van der Waals surface area contributed by atoms with Crippen LogP contribution in [0.15, 0.2) is 23.1 Å². The summed E-state index contributed by atoms with van der Waals surface area (Å²) in [5, 5.41) is 11.1. The Morgan fingerprint density at radius 2 is 2.12 bits per heavy atom. The van der Waals surface area contributed by atoms with E-state index in [2.05, 4.69) is 4.74 Å². The number of rotatable bonds is 4. The van der Waals surface area contributed by atoms with Crippen LogP contribution in [0, 0.1) is 10.1 Å². The molecule has 6 heteroatoms. The third-order valence-corrected chi connectivity index (χ3v) is 3.01. The van der Waals surface area contributed by atoms with Gasteiger partial charge >= 0.3 is 5.97 Å². The molecule has 1 rings (SSSR count). The zero-order valence-electron chi connectivity index (χ0n) is 9.80. The predicted molar refractivity (Wildman–Crippen MR) is 65.4 cm³/mol. The maximum Gasteiger partial charge on any atom is 0.338 e. The van der Waals surface area contributed by atoms with Gasteiger partial charge in [0.15, 0.2) is 0 Å². The Morgan fingerprint density at radius 3 is 2.59 bits per heavy atom. The lowest BCUT2D eigenvalue weighted by molar-refractivity contribution is -0.387. The number of esters is 1. The van der Waals surface area contributed by atoms with Crippen molar-refractivity contribution in [2.45, 2.75) is 24.0 Å². The number of nitro benzene ring substituents is 1. The Balaban J connectivity index is 3.17. The Labute approximate surface area is 103 Å². The van der Waals surface area contributed by atoms with Crippen molar-refractivity contribution < 1.29 is 14.5 Å². The summed E-state index contributed by atoms with van der Waals surface area (Å²) < 4.78 is 4.52. The minimum Gasteiger partial charge on any atom is -0.465 e. The van der Waals surface area contributed by atoms with Gasteiger partial charge in [-0.2, -0.15) is 0 Å². The first-order chi connectivity index (χ1) is 7.95. The van der Waals surface area contributed by atoms with Crippen molar-refractivity contribution in [1.82, 2.24) is 0 Å². The summed E-state index contributed by atoms with van der Waals surface area (Å²) in [5.74, 6) is -0.575. The lowest BCUT2D eigenvalue weighted by atomic mass is 10.2. The zero-order chi connectivity index (χ0) is 13.0. The molecule has 0 fully saturated rings. The summed E-state index contributed by atoms with van der Waals surface area (Å²) in [6.45, 7) is 3.89. The monoisotopic (exact) mass is 255 g/mol. The van der Waals surface area contributed by atoms with Gasteiger partial charge in [0.1, 0.15) is 0 Å². The molecule has 92 valence electrons. The van der Waals surface area contributed by atoms with Gasteiger partial charge in [0, 0.05) is 11.3 Å². The molecular weight excluding hydrogens is 242 g/mol. The molecule has 0 spiro atoms. The maximum absolute atomic E-state index is 11.3. The summed E-state index contributed by atoms with van der Waals surface area (Å²) in [6.07, 6.45) is 0. The van der Waals surface area contributed by atoms with Gasteiger partial charge in [-0.05, 0) is 12.1 Å². The average Bonchev–Trinajstić information content (AvgIpc) is 2.27. The number of hydrogen-bond acceptors (Lipinski definition) is 5. The second-order valence-electron chi connectivity index (χ2n) is 3.60. The molecule has 0 saturated heterocycles. The maximum atomic E-state index is 11.3. The minimum atomic E-state index is -0.575. The Kier molecular flexibility index (Phi) is 4.51. The fourth-order valence-electron chi connectivity index (χ4n) is 1.26. The van der Waals surface area contributed by atoms with Gasteiger partial charge in [-0.3, -0.25) is 10.1 Å². The lowest BCUT2D eigenvalue weighted by Gasteiger charge is -2.06. The van der Waals surface area contributed by atoms with E-state index in [0.29, 0.717) is 4.90 Å². The summed E-state index contributed by atoms with van der Waals surface area (Å²) in [4.78, 5) is 22.2. The minimum absolute atomic E-state index is 0.0633. The van der Waals surface area contributed by atoms with E-state index >= 15 is 0 Å². The van der Waals surface area contributed by atoms with Crippen LogP contribution in [0.1, 0.15) is 24.2 Å². The molecule has 0 aliphatic carbocycles. The van der Waals surface area contributed by atoms with Crippen LogP contribution in [-0.2, 0) is 4.74 Å². The third kappa shape index (κ3) is 3.45. The summed E-state index contributed by atoms with van der Waals surface area (Å²) in [5.41, 5.74) is 0.124. The first-order valence-corrected chi connectivity index (χ1v) is 5.87. The van der Waals surface area contributed by atoms with Gasteiger partial charge in [-0.1, -0.05) is 13.8 Å². The molecule has 0 heterocycles. The molecule has 0 saturated carbocycles. The Bertz CT molecular complexity index is 445. The van der Waals surface area contributed by atoms with Gasteiger partial charge in [0.25, 0.3) is 5.69 Å². The van der Waals surface area contributed by atoms with Crippen LogP contribution >= 0.6 is 11.8 Å². The number of nitrogens with zero attached hydrogens (tertiary/aromatic N) is 1. The van der Waals surface area contributed by atoms with Crippen LogP contribution in [0.3, 0.4) is 0 Å². The predicted octanol–water partition coefficient (Wildman–Crippen LogP) is 2.88. The van der Waals surface area contributed by atoms with Crippen LogP contribution in [0.4, 0.5) is 5.69 Å². The summed E-state index contributed by atoms with van der Waals surface area (Å²) >= 11 is 1.39. The van der Waals surface area contributed by atoms with Crippen LogP contribution < -0.4 is 0 Å². The van der Waals surface area contributed by atoms with Gasteiger partial charge in [-0.25, -0.2) is 4.79 Å². The fourth-order valence-corrected chi connectivity index (χ4v) is 2.17. The number of hydrogen-bond donors (Lipinski definition) is 0.